The molecule has 0 aromatic heterocycles. The molecule has 1 saturated heterocycles. The monoisotopic (exact) mass is 315 g/mol. The van der Waals surface area contributed by atoms with Crippen molar-refractivity contribution >= 4 is 17.9 Å². The second-order valence-electron chi connectivity index (χ2n) is 5.20. The standard InChI is InChI=1S/C14H25N3O5/c15-14(20)16-7-3-1-2-6-13(19)22-10-12(18)17-9-11-5-4-8-21-11/h11H,1-10H2,(H,17,18)(H3,15,16,20)/t11-/m1/s1. The van der Waals surface area contributed by atoms with Crippen LogP contribution in [0.15, 0.2) is 0 Å². The molecule has 1 heterocycles. The zero-order valence-electron chi connectivity index (χ0n) is 12.8. The van der Waals surface area contributed by atoms with Gasteiger partial charge in [-0.05, 0) is 25.7 Å². The fraction of sp³-hybridized carbons (Fsp3) is 0.786. The molecule has 0 unspecified atom stereocenters. The predicted octanol–water partition coefficient (Wildman–Crippen LogP) is 0.0535. The third kappa shape index (κ3) is 9.17. The third-order valence-corrected chi connectivity index (χ3v) is 3.27. The van der Waals surface area contributed by atoms with Gasteiger partial charge in [-0.25, -0.2) is 4.79 Å². The summed E-state index contributed by atoms with van der Waals surface area (Å²) in [6.07, 6.45) is 4.48. The molecule has 1 aliphatic heterocycles. The lowest BCUT2D eigenvalue weighted by Crippen LogP contribution is -2.34. The van der Waals surface area contributed by atoms with Gasteiger partial charge >= 0.3 is 12.0 Å². The SMILES string of the molecule is NC(=O)NCCCCCC(=O)OCC(=O)NC[C@H]1CCCO1. The van der Waals surface area contributed by atoms with Crippen LogP contribution in [0.4, 0.5) is 4.79 Å². The molecule has 22 heavy (non-hydrogen) atoms. The Balaban J connectivity index is 1.93. The van der Waals surface area contributed by atoms with Crippen molar-refractivity contribution in [3.05, 3.63) is 0 Å². The Morgan fingerprint density at radius 3 is 2.68 bits per heavy atom. The number of carbonyl (C=O) groups is 3. The van der Waals surface area contributed by atoms with Crippen LogP contribution in [-0.4, -0.2) is 50.3 Å². The summed E-state index contributed by atoms with van der Waals surface area (Å²) in [5.41, 5.74) is 4.92. The summed E-state index contributed by atoms with van der Waals surface area (Å²) >= 11 is 0. The minimum Gasteiger partial charge on any atom is -0.456 e. The summed E-state index contributed by atoms with van der Waals surface area (Å²) in [5.74, 6) is -0.704. The smallest absolute Gasteiger partial charge is 0.312 e. The number of amides is 3. The van der Waals surface area contributed by atoms with Gasteiger partial charge in [0.15, 0.2) is 6.61 Å². The summed E-state index contributed by atoms with van der Waals surface area (Å²) < 4.78 is 10.3. The van der Waals surface area contributed by atoms with Gasteiger partial charge in [-0.2, -0.15) is 0 Å². The number of primary amides is 1. The van der Waals surface area contributed by atoms with Gasteiger partial charge in [0.1, 0.15) is 0 Å². The van der Waals surface area contributed by atoms with Gasteiger partial charge in [0.05, 0.1) is 6.10 Å². The number of nitrogens with one attached hydrogen (secondary N) is 2. The number of rotatable bonds is 10. The van der Waals surface area contributed by atoms with Gasteiger partial charge in [0.25, 0.3) is 5.91 Å². The van der Waals surface area contributed by atoms with E-state index in [1.165, 1.54) is 0 Å². The molecule has 0 radical (unpaired) electrons. The second-order valence-corrected chi connectivity index (χ2v) is 5.20. The summed E-state index contributed by atoms with van der Waals surface area (Å²) in [6.45, 7) is 1.44. The lowest BCUT2D eigenvalue weighted by atomic mass is 10.2. The highest BCUT2D eigenvalue weighted by molar-refractivity contribution is 5.80. The quantitative estimate of drug-likeness (QED) is 0.389. The largest absolute Gasteiger partial charge is 0.456 e. The average molecular weight is 315 g/mol. The molecule has 1 aliphatic rings. The van der Waals surface area contributed by atoms with Crippen LogP contribution < -0.4 is 16.4 Å². The normalized spacial score (nSPS) is 17.0. The van der Waals surface area contributed by atoms with E-state index in [2.05, 4.69) is 10.6 Å². The maximum atomic E-state index is 11.5. The average Bonchev–Trinajstić information content (AvgIpc) is 2.99. The van der Waals surface area contributed by atoms with Crippen molar-refractivity contribution in [1.29, 1.82) is 0 Å². The van der Waals surface area contributed by atoms with Crippen LogP contribution in [-0.2, 0) is 19.1 Å². The number of esters is 1. The first-order chi connectivity index (χ1) is 10.6. The Morgan fingerprint density at radius 1 is 1.18 bits per heavy atom. The van der Waals surface area contributed by atoms with Crippen molar-refractivity contribution in [2.24, 2.45) is 5.73 Å². The molecule has 0 aromatic carbocycles. The maximum absolute atomic E-state index is 11.5. The number of hydrogen-bond acceptors (Lipinski definition) is 5. The molecule has 8 heteroatoms. The van der Waals surface area contributed by atoms with Gasteiger partial charge in [-0.1, -0.05) is 6.42 Å². The zero-order chi connectivity index (χ0) is 16.2. The van der Waals surface area contributed by atoms with Crippen molar-refractivity contribution in [1.82, 2.24) is 10.6 Å². The Labute approximate surface area is 130 Å². The van der Waals surface area contributed by atoms with Gasteiger partial charge in [0.2, 0.25) is 0 Å². The molecule has 4 N–H and O–H groups in total. The van der Waals surface area contributed by atoms with Crippen molar-refractivity contribution < 1.29 is 23.9 Å². The molecule has 0 aliphatic carbocycles. The van der Waals surface area contributed by atoms with Crippen molar-refractivity contribution in [2.75, 3.05) is 26.3 Å². The topological polar surface area (TPSA) is 120 Å². The van der Waals surface area contributed by atoms with E-state index < -0.39 is 12.0 Å². The molecule has 126 valence electrons. The van der Waals surface area contributed by atoms with Gasteiger partial charge in [0, 0.05) is 26.1 Å². The van der Waals surface area contributed by atoms with Crippen LogP contribution in [0.25, 0.3) is 0 Å². The van der Waals surface area contributed by atoms with Crippen LogP contribution in [0, 0.1) is 0 Å². The highest BCUT2D eigenvalue weighted by Crippen LogP contribution is 2.10. The number of ether oxygens (including phenoxy) is 2. The minimum absolute atomic E-state index is 0.0775. The van der Waals surface area contributed by atoms with Crippen molar-refractivity contribution in [3.63, 3.8) is 0 Å². The molecule has 1 fully saturated rings. The number of unbranched alkanes of at least 4 members (excludes halogenated alkanes) is 2. The predicted molar refractivity (Wildman–Crippen MR) is 79.0 cm³/mol. The molecular formula is C14H25N3O5. The lowest BCUT2D eigenvalue weighted by molar-refractivity contribution is -0.148. The maximum Gasteiger partial charge on any atom is 0.312 e. The number of nitrogens with two attached hydrogens (primary N) is 1. The Hall–Kier alpha value is -1.83. The minimum atomic E-state index is -0.548. The fourth-order valence-electron chi connectivity index (χ4n) is 2.08. The number of hydrogen-bond donors (Lipinski definition) is 3. The summed E-state index contributed by atoms with van der Waals surface area (Å²) in [6, 6.07) is -0.548. The van der Waals surface area contributed by atoms with Crippen LogP contribution >= 0.6 is 0 Å². The molecule has 0 saturated carbocycles. The first-order valence-corrected chi connectivity index (χ1v) is 7.65. The molecule has 1 atom stereocenters. The van der Waals surface area contributed by atoms with Crippen LogP contribution in [0.2, 0.25) is 0 Å². The van der Waals surface area contributed by atoms with Crippen LogP contribution in [0.3, 0.4) is 0 Å². The highest BCUT2D eigenvalue weighted by atomic mass is 16.5. The van der Waals surface area contributed by atoms with Crippen LogP contribution in [0.1, 0.15) is 38.5 Å². The van der Waals surface area contributed by atoms with Gasteiger partial charge < -0.3 is 25.8 Å². The molecule has 8 nitrogen and oxygen atoms in total. The van der Waals surface area contributed by atoms with Crippen molar-refractivity contribution in [3.8, 4) is 0 Å². The third-order valence-electron chi connectivity index (χ3n) is 3.27. The second kappa shape index (κ2) is 10.8. The fourth-order valence-corrected chi connectivity index (χ4v) is 2.08. The van der Waals surface area contributed by atoms with E-state index in [0.717, 1.165) is 32.3 Å². The molecule has 3 amide bonds. The molecular weight excluding hydrogens is 290 g/mol. The summed E-state index contributed by atoms with van der Waals surface area (Å²) in [7, 11) is 0. The lowest BCUT2D eigenvalue weighted by Gasteiger charge is -2.10. The van der Waals surface area contributed by atoms with Crippen molar-refractivity contribution in [2.45, 2.75) is 44.6 Å². The Kier molecular flexibility index (Phi) is 8.97. The van der Waals surface area contributed by atoms with E-state index in [9.17, 15) is 14.4 Å². The zero-order valence-corrected chi connectivity index (χ0v) is 12.8. The van der Waals surface area contributed by atoms with E-state index in [1.54, 1.807) is 0 Å². The van der Waals surface area contributed by atoms with E-state index in [1.807, 2.05) is 0 Å². The van der Waals surface area contributed by atoms with E-state index >= 15 is 0 Å². The van der Waals surface area contributed by atoms with E-state index in [4.69, 9.17) is 15.2 Å². The van der Waals surface area contributed by atoms with Gasteiger partial charge in [-0.3, -0.25) is 9.59 Å². The van der Waals surface area contributed by atoms with E-state index in [-0.39, 0.29) is 25.0 Å². The molecule has 1 rings (SSSR count). The first-order valence-electron chi connectivity index (χ1n) is 7.65. The summed E-state index contributed by atoms with van der Waals surface area (Å²) in [4.78, 5) is 33.3. The first kappa shape index (κ1) is 18.2. The highest BCUT2D eigenvalue weighted by Gasteiger charge is 2.16. The molecule has 0 spiro atoms. The number of carbonyl (C=O) groups excluding carboxylic acids is 3. The Morgan fingerprint density at radius 2 is 2.00 bits per heavy atom. The van der Waals surface area contributed by atoms with Crippen LogP contribution in [0.5, 0.6) is 0 Å². The number of urea groups is 1. The van der Waals surface area contributed by atoms with Gasteiger partial charge in [-0.15, -0.1) is 0 Å². The summed E-state index contributed by atoms with van der Waals surface area (Å²) in [5, 5.41) is 5.15. The van der Waals surface area contributed by atoms with E-state index in [0.29, 0.717) is 19.5 Å². The Bertz CT molecular complexity index is 369. The molecule has 0 aromatic rings. The molecule has 0 bridgehead atoms.